The van der Waals surface area contributed by atoms with Gasteiger partial charge in [-0.1, -0.05) is 48.5 Å². The van der Waals surface area contributed by atoms with Gasteiger partial charge in [0.05, 0.1) is 17.3 Å². The van der Waals surface area contributed by atoms with E-state index in [1.54, 1.807) is 16.9 Å². The summed E-state index contributed by atoms with van der Waals surface area (Å²) in [5.74, 6) is -0.280. The van der Waals surface area contributed by atoms with Crippen LogP contribution in [0.15, 0.2) is 65.6 Å². The molecule has 4 rings (SSSR count). The minimum Gasteiger partial charge on any atom is -0.350 e. The summed E-state index contributed by atoms with van der Waals surface area (Å²) in [5.41, 5.74) is 3.20. The number of carbonyl (C=O) groups is 1. The van der Waals surface area contributed by atoms with Crippen molar-refractivity contribution in [3.63, 3.8) is 0 Å². The highest BCUT2D eigenvalue weighted by Crippen LogP contribution is 2.24. The lowest BCUT2D eigenvalue weighted by molar-refractivity contribution is -0.122. The molecule has 2 heterocycles. The number of hydrogen-bond acceptors (Lipinski definition) is 4. The van der Waals surface area contributed by atoms with Gasteiger partial charge in [-0.25, -0.2) is 4.68 Å². The predicted molar refractivity (Wildman–Crippen MR) is 111 cm³/mol. The molecule has 1 N–H and O–H groups in total. The number of hydrogen-bond donors (Lipinski definition) is 1. The van der Waals surface area contributed by atoms with Crippen LogP contribution in [0.4, 0.5) is 0 Å². The zero-order valence-corrected chi connectivity index (χ0v) is 16.3. The molecule has 146 valence electrons. The Morgan fingerprint density at radius 1 is 1.03 bits per heavy atom. The minimum absolute atomic E-state index is 0.150. The van der Waals surface area contributed by atoms with E-state index in [-0.39, 0.29) is 18.0 Å². The van der Waals surface area contributed by atoms with Gasteiger partial charge in [0.25, 0.3) is 5.56 Å². The fourth-order valence-electron chi connectivity index (χ4n) is 3.25. The number of benzene rings is 2. The van der Waals surface area contributed by atoms with E-state index in [9.17, 15) is 9.59 Å². The van der Waals surface area contributed by atoms with Crippen LogP contribution in [0.25, 0.3) is 22.0 Å². The first kappa shape index (κ1) is 18.6. The van der Waals surface area contributed by atoms with Crippen LogP contribution in [0, 0.1) is 6.92 Å². The number of aromatic nitrogens is 4. The summed E-state index contributed by atoms with van der Waals surface area (Å²) in [6.07, 6.45) is 1.73. The van der Waals surface area contributed by atoms with Crippen LogP contribution < -0.4 is 10.9 Å². The van der Waals surface area contributed by atoms with Crippen LogP contribution >= 0.6 is 0 Å². The van der Waals surface area contributed by atoms with Crippen molar-refractivity contribution in [1.29, 1.82) is 0 Å². The van der Waals surface area contributed by atoms with Gasteiger partial charge in [-0.2, -0.15) is 10.2 Å². The molecule has 0 radical (unpaired) electrons. The molecule has 2 aromatic carbocycles. The third-order valence-electron chi connectivity index (χ3n) is 5.02. The second kappa shape index (κ2) is 7.71. The number of rotatable bonds is 5. The van der Waals surface area contributed by atoms with Crippen molar-refractivity contribution < 1.29 is 4.79 Å². The maximum atomic E-state index is 12.9. The van der Waals surface area contributed by atoms with Gasteiger partial charge < -0.3 is 5.32 Å². The highest BCUT2D eigenvalue weighted by molar-refractivity contribution is 5.93. The monoisotopic (exact) mass is 387 g/mol. The smallest absolute Gasteiger partial charge is 0.275 e. The molecular weight excluding hydrogens is 366 g/mol. The third kappa shape index (κ3) is 3.67. The van der Waals surface area contributed by atoms with E-state index in [0.29, 0.717) is 17.6 Å². The van der Waals surface area contributed by atoms with Gasteiger partial charge in [0.2, 0.25) is 5.91 Å². The molecule has 2 aromatic heterocycles. The standard InChI is InChI=1S/C22H21N5O2/c1-15-17(13-24-26(15)2)12-23-20(28)14-27-22(29)19-11-7-6-10-18(19)21(25-27)16-8-4-3-5-9-16/h3-11,13H,12,14H2,1-2H3,(H,23,28). The van der Waals surface area contributed by atoms with E-state index in [2.05, 4.69) is 15.5 Å². The molecular formula is C22H21N5O2. The van der Waals surface area contributed by atoms with Gasteiger partial charge in [-0.3, -0.25) is 14.3 Å². The molecule has 0 bridgehead atoms. The van der Waals surface area contributed by atoms with Crippen molar-refractivity contribution in [2.45, 2.75) is 20.0 Å². The molecule has 0 aliphatic rings. The second-order valence-corrected chi connectivity index (χ2v) is 6.88. The number of fused-ring (bicyclic) bond motifs is 1. The fraction of sp³-hybridized carbons (Fsp3) is 0.182. The first-order valence-corrected chi connectivity index (χ1v) is 9.34. The number of amides is 1. The highest BCUT2D eigenvalue weighted by Gasteiger charge is 2.14. The summed E-state index contributed by atoms with van der Waals surface area (Å²) >= 11 is 0. The van der Waals surface area contributed by atoms with Crippen LogP contribution in [0.5, 0.6) is 0 Å². The lowest BCUT2D eigenvalue weighted by atomic mass is 10.1. The van der Waals surface area contributed by atoms with Gasteiger partial charge in [-0.15, -0.1) is 0 Å². The molecule has 0 atom stereocenters. The van der Waals surface area contributed by atoms with E-state index >= 15 is 0 Å². The Kier molecular flexibility index (Phi) is 4.95. The Balaban J connectivity index is 1.65. The Morgan fingerprint density at radius 3 is 2.41 bits per heavy atom. The van der Waals surface area contributed by atoms with E-state index in [4.69, 9.17) is 0 Å². The average Bonchev–Trinajstić information content (AvgIpc) is 3.07. The van der Waals surface area contributed by atoms with E-state index in [1.165, 1.54) is 4.68 Å². The van der Waals surface area contributed by atoms with Gasteiger partial charge in [0, 0.05) is 35.8 Å². The second-order valence-electron chi connectivity index (χ2n) is 6.88. The van der Waals surface area contributed by atoms with Crippen LogP contribution in [0.1, 0.15) is 11.3 Å². The first-order valence-electron chi connectivity index (χ1n) is 9.34. The predicted octanol–water partition coefficient (Wildman–Crippen LogP) is 2.42. The summed E-state index contributed by atoms with van der Waals surface area (Å²) in [6, 6.07) is 17.0. The van der Waals surface area contributed by atoms with Crippen molar-refractivity contribution in [3.05, 3.63) is 82.4 Å². The van der Waals surface area contributed by atoms with Crippen LogP contribution in [-0.2, 0) is 24.9 Å². The molecule has 0 aliphatic carbocycles. The summed E-state index contributed by atoms with van der Waals surface area (Å²) in [6.45, 7) is 2.14. The van der Waals surface area contributed by atoms with Crippen molar-refractivity contribution in [1.82, 2.24) is 24.9 Å². The third-order valence-corrected chi connectivity index (χ3v) is 5.02. The molecule has 0 fully saturated rings. The lowest BCUT2D eigenvalue weighted by Gasteiger charge is -2.11. The summed E-state index contributed by atoms with van der Waals surface area (Å²) in [7, 11) is 1.85. The van der Waals surface area contributed by atoms with Crippen LogP contribution in [0.2, 0.25) is 0 Å². The zero-order valence-electron chi connectivity index (χ0n) is 16.3. The molecule has 0 aliphatic heterocycles. The Labute approximate surface area is 167 Å². The molecule has 4 aromatic rings. The molecule has 7 nitrogen and oxygen atoms in total. The van der Waals surface area contributed by atoms with Gasteiger partial charge in [0.15, 0.2) is 0 Å². The molecule has 1 amide bonds. The minimum atomic E-state index is -0.284. The van der Waals surface area contributed by atoms with Crippen molar-refractivity contribution in [2.75, 3.05) is 0 Å². The molecule has 0 spiro atoms. The average molecular weight is 387 g/mol. The number of carbonyl (C=O) groups excluding carboxylic acids is 1. The van der Waals surface area contributed by atoms with Crippen LogP contribution in [-0.4, -0.2) is 25.5 Å². The van der Waals surface area contributed by atoms with Crippen molar-refractivity contribution in [2.24, 2.45) is 7.05 Å². The molecule has 0 saturated heterocycles. The summed E-state index contributed by atoms with van der Waals surface area (Å²) in [4.78, 5) is 25.4. The Hall–Kier alpha value is -3.74. The van der Waals surface area contributed by atoms with Gasteiger partial charge in [0.1, 0.15) is 6.54 Å². The van der Waals surface area contributed by atoms with Crippen molar-refractivity contribution >= 4 is 16.7 Å². The highest BCUT2D eigenvalue weighted by atomic mass is 16.2. The summed E-state index contributed by atoms with van der Waals surface area (Å²) < 4.78 is 2.99. The van der Waals surface area contributed by atoms with Crippen LogP contribution in [0.3, 0.4) is 0 Å². The largest absolute Gasteiger partial charge is 0.350 e. The summed E-state index contributed by atoms with van der Waals surface area (Å²) in [5, 5.41) is 12.8. The number of nitrogens with one attached hydrogen (secondary N) is 1. The number of nitrogens with zero attached hydrogens (tertiary/aromatic N) is 4. The molecule has 7 heteroatoms. The van der Waals surface area contributed by atoms with E-state index in [1.807, 2.05) is 62.5 Å². The topological polar surface area (TPSA) is 81.8 Å². The van der Waals surface area contributed by atoms with Gasteiger partial charge in [-0.05, 0) is 13.0 Å². The Bertz CT molecular complexity index is 1240. The van der Waals surface area contributed by atoms with Crippen molar-refractivity contribution in [3.8, 4) is 11.3 Å². The van der Waals surface area contributed by atoms with E-state index < -0.39 is 0 Å². The maximum Gasteiger partial charge on any atom is 0.275 e. The lowest BCUT2D eigenvalue weighted by Crippen LogP contribution is -2.33. The molecule has 0 unspecified atom stereocenters. The first-order chi connectivity index (χ1) is 14.0. The molecule has 0 saturated carbocycles. The molecule has 29 heavy (non-hydrogen) atoms. The quantitative estimate of drug-likeness (QED) is 0.570. The van der Waals surface area contributed by atoms with Gasteiger partial charge >= 0.3 is 0 Å². The van der Waals surface area contributed by atoms with E-state index in [0.717, 1.165) is 22.2 Å². The fourth-order valence-corrected chi connectivity index (χ4v) is 3.25. The Morgan fingerprint density at radius 2 is 1.72 bits per heavy atom. The SMILES string of the molecule is Cc1c(CNC(=O)Cn2nc(-c3ccccc3)c3ccccc3c2=O)cnn1C. The number of aryl methyl sites for hydroxylation is 1. The zero-order chi connectivity index (χ0) is 20.4. The maximum absolute atomic E-state index is 12.9. The normalized spacial score (nSPS) is 11.0.